The van der Waals surface area contributed by atoms with Crippen molar-refractivity contribution in [3.8, 4) is 0 Å². The predicted molar refractivity (Wildman–Crippen MR) is 129 cm³/mol. The minimum atomic E-state index is 0.602. The lowest BCUT2D eigenvalue weighted by molar-refractivity contribution is 0.641. The second kappa shape index (κ2) is 7.10. The van der Waals surface area contributed by atoms with Gasteiger partial charge in [-0.15, -0.1) is 11.3 Å². The van der Waals surface area contributed by atoms with Gasteiger partial charge in [-0.3, -0.25) is 0 Å². The fraction of sp³-hybridized carbons (Fsp3) is 0.222. The van der Waals surface area contributed by atoms with Crippen LogP contribution in [-0.4, -0.2) is 11.0 Å². The zero-order valence-corrected chi connectivity index (χ0v) is 17.9. The van der Waals surface area contributed by atoms with E-state index in [9.17, 15) is 0 Å². The van der Waals surface area contributed by atoms with E-state index in [0.717, 1.165) is 10.5 Å². The SMILES string of the molecule is Cc1cccc(N2c3ccc(C=Cc4nc5ccccc5s4)cc3C3CCCC32)c1. The van der Waals surface area contributed by atoms with Crippen molar-refractivity contribution < 1.29 is 0 Å². The van der Waals surface area contributed by atoms with Crippen LogP contribution in [0.1, 0.15) is 46.9 Å². The molecule has 0 saturated heterocycles. The lowest BCUT2D eigenvalue weighted by Crippen LogP contribution is -2.26. The first-order chi connectivity index (χ1) is 14.8. The summed E-state index contributed by atoms with van der Waals surface area (Å²) >= 11 is 1.75. The van der Waals surface area contributed by atoms with Crippen LogP contribution in [0.5, 0.6) is 0 Å². The van der Waals surface area contributed by atoms with Crippen LogP contribution in [0, 0.1) is 6.92 Å². The van der Waals surface area contributed by atoms with Gasteiger partial charge in [-0.05, 0) is 78.9 Å². The van der Waals surface area contributed by atoms with Gasteiger partial charge in [0.2, 0.25) is 0 Å². The quantitative estimate of drug-likeness (QED) is 0.348. The first-order valence-electron chi connectivity index (χ1n) is 10.8. The second-order valence-corrected chi connectivity index (χ2v) is 9.55. The summed E-state index contributed by atoms with van der Waals surface area (Å²) in [4.78, 5) is 7.34. The second-order valence-electron chi connectivity index (χ2n) is 8.49. The van der Waals surface area contributed by atoms with Gasteiger partial charge in [-0.2, -0.15) is 0 Å². The van der Waals surface area contributed by atoms with Crippen LogP contribution in [0.4, 0.5) is 11.4 Å². The Bertz CT molecular complexity index is 1240. The van der Waals surface area contributed by atoms with Gasteiger partial charge < -0.3 is 4.90 Å². The number of para-hydroxylation sites is 1. The first-order valence-corrected chi connectivity index (χ1v) is 11.6. The molecular weight excluding hydrogens is 384 g/mol. The molecule has 2 atom stereocenters. The van der Waals surface area contributed by atoms with E-state index in [-0.39, 0.29) is 0 Å². The fourth-order valence-electron chi connectivity index (χ4n) is 5.22. The summed E-state index contributed by atoms with van der Waals surface area (Å²) in [6.45, 7) is 2.18. The highest BCUT2D eigenvalue weighted by molar-refractivity contribution is 7.19. The van der Waals surface area contributed by atoms with Crippen LogP contribution in [0.3, 0.4) is 0 Å². The third-order valence-corrected chi connectivity index (χ3v) is 7.53. The number of aromatic nitrogens is 1. The number of anilines is 2. The van der Waals surface area contributed by atoms with Crippen LogP contribution < -0.4 is 4.90 Å². The zero-order valence-electron chi connectivity index (χ0n) is 17.1. The van der Waals surface area contributed by atoms with E-state index in [2.05, 4.69) is 84.6 Å². The highest BCUT2D eigenvalue weighted by atomic mass is 32.1. The summed E-state index contributed by atoms with van der Waals surface area (Å²) in [6.07, 6.45) is 8.28. The number of thiazole rings is 1. The van der Waals surface area contributed by atoms with Crippen molar-refractivity contribution >= 4 is 45.1 Å². The van der Waals surface area contributed by atoms with Crippen LogP contribution in [0.15, 0.2) is 66.7 Å². The number of aryl methyl sites for hydroxylation is 1. The van der Waals surface area contributed by atoms with E-state index in [1.165, 1.54) is 52.0 Å². The maximum Gasteiger partial charge on any atom is 0.117 e. The summed E-state index contributed by atoms with van der Waals surface area (Å²) in [5.41, 5.74) is 7.93. The Morgan fingerprint density at radius 2 is 1.90 bits per heavy atom. The van der Waals surface area contributed by atoms with E-state index >= 15 is 0 Å². The van der Waals surface area contributed by atoms with E-state index < -0.39 is 0 Å². The largest absolute Gasteiger partial charge is 0.338 e. The zero-order chi connectivity index (χ0) is 20.1. The molecule has 1 aliphatic carbocycles. The van der Waals surface area contributed by atoms with Crippen LogP contribution in [0.2, 0.25) is 0 Å². The van der Waals surface area contributed by atoms with Gasteiger partial charge >= 0.3 is 0 Å². The molecule has 3 aromatic carbocycles. The number of nitrogens with zero attached hydrogens (tertiary/aromatic N) is 2. The molecule has 1 aromatic heterocycles. The van der Waals surface area contributed by atoms with E-state index in [1.807, 2.05) is 6.07 Å². The number of rotatable bonds is 3. The van der Waals surface area contributed by atoms with Crippen molar-refractivity contribution in [3.05, 3.63) is 88.4 Å². The number of hydrogen-bond acceptors (Lipinski definition) is 3. The molecule has 0 amide bonds. The third-order valence-electron chi connectivity index (χ3n) is 6.53. The van der Waals surface area contributed by atoms with Crippen molar-refractivity contribution in [2.75, 3.05) is 4.90 Å². The fourth-order valence-corrected chi connectivity index (χ4v) is 6.09. The molecule has 3 heteroatoms. The molecule has 1 aliphatic heterocycles. The van der Waals surface area contributed by atoms with Crippen LogP contribution >= 0.6 is 11.3 Å². The molecule has 4 aromatic rings. The molecule has 1 saturated carbocycles. The van der Waals surface area contributed by atoms with Crippen LogP contribution in [-0.2, 0) is 0 Å². The summed E-state index contributed by atoms with van der Waals surface area (Å²) in [7, 11) is 0. The van der Waals surface area contributed by atoms with Crippen molar-refractivity contribution in [2.24, 2.45) is 0 Å². The molecule has 2 aliphatic rings. The molecule has 2 unspecified atom stereocenters. The topological polar surface area (TPSA) is 16.1 Å². The smallest absolute Gasteiger partial charge is 0.117 e. The average Bonchev–Trinajstić information content (AvgIpc) is 3.46. The molecule has 30 heavy (non-hydrogen) atoms. The molecule has 0 spiro atoms. The normalized spacial score (nSPS) is 20.2. The molecule has 6 rings (SSSR count). The molecule has 0 N–H and O–H groups in total. The Balaban J connectivity index is 1.36. The predicted octanol–water partition coefficient (Wildman–Crippen LogP) is 7.56. The lowest BCUT2D eigenvalue weighted by atomic mass is 9.96. The van der Waals surface area contributed by atoms with Gasteiger partial charge in [0.1, 0.15) is 5.01 Å². The summed E-state index contributed by atoms with van der Waals surface area (Å²) in [5.74, 6) is 0.649. The van der Waals surface area contributed by atoms with Crippen molar-refractivity contribution in [2.45, 2.75) is 38.1 Å². The van der Waals surface area contributed by atoms with E-state index in [0.29, 0.717) is 12.0 Å². The Hall–Kier alpha value is -2.91. The molecule has 2 nitrogen and oxygen atoms in total. The minimum Gasteiger partial charge on any atom is -0.338 e. The average molecular weight is 409 g/mol. The molecule has 148 valence electrons. The maximum atomic E-state index is 4.74. The third kappa shape index (κ3) is 2.96. The van der Waals surface area contributed by atoms with Gasteiger partial charge in [0, 0.05) is 23.3 Å². The molecular formula is C27H24N2S. The standard InChI is InChI=1S/C27H24N2S/c1-18-6-4-7-20(16-18)29-24-10-5-8-21(24)22-17-19(12-14-25(22)29)13-15-27-28-23-9-2-3-11-26(23)30-27/h2-4,6-7,9,11-17,21,24H,5,8,10H2,1H3. The van der Waals surface area contributed by atoms with Gasteiger partial charge in [0.05, 0.1) is 10.2 Å². The highest BCUT2D eigenvalue weighted by Crippen LogP contribution is 2.52. The minimum absolute atomic E-state index is 0.602. The Morgan fingerprint density at radius 3 is 2.80 bits per heavy atom. The first kappa shape index (κ1) is 17.9. The Labute approximate surface area is 181 Å². The molecule has 1 fully saturated rings. The van der Waals surface area contributed by atoms with Crippen molar-refractivity contribution in [1.82, 2.24) is 4.98 Å². The van der Waals surface area contributed by atoms with E-state index in [4.69, 9.17) is 4.98 Å². The highest BCUT2D eigenvalue weighted by Gasteiger charge is 2.41. The van der Waals surface area contributed by atoms with Gasteiger partial charge in [0.25, 0.3) is 0 Å². The van der Waals surface area contributed by atoms with Crippen molar-refractivity contribution in [3.63, 3.8) is 0 Å². The van der Waals surface area contributed by atoms with Gasteiger partial charge in [0.15, 0.2) is 0 Å². The molecule has 0 radical (unpaired) electrons. The summed E-state index contributed by atoms with van der Waals surface area (Å²) in [5, 5.41) is 1.07. The summed E-state index contributed by atoms with van der Waals surface area (Å²) < 4.78 is 1.24. The number of fused-ring (bicyclic) bond motifs is 4. The molecule has 0 bridgehead atoms. The Morgan fingerprint density at radius 1 is 0.967 bits per heavy atom. The Kier molecular flexibility index (Phi) is 4.24. The molecule has 2 heterocycles. The van der Waals surface area contributed by atoms with Gasteiger partial charge in [-0.1, -0.05) is 42.8 Å². The number of benzene rings is 3. The van der Waals surface area contributed by atoms with Crippen molar-refractivity contribution in [1.29, 1.82) is 0 Å². The van der Waals surface area contributed by atoms with E-state index in [1.54, 1.807) is 11.3 Å². The maximum absolute atomic E-state index is 4.74. The lowest BCUT2D eigenvalue weighted by Gasteiger charge is -2.27. The monoisotopic (exact) mass is 408 g/mol. The summed E-state index contributed by atoms with van der Waals surface area (Å²) in [6, 6.07) is 24.9. The van der Waals surface area contributed by atoms with Crippen LogP contribution in [0.25, 0.3) is 22.4 Å². The van der Waals surface area contributed by atoms with Gasteiger partial charge in [-0.25, -0.2) is 4.98 Å². The number of hydrogen-bond donors (Lipinski definition) is 0.